The predicted octanol–water partition coefficient (Wildman–Crippen LogP) is 3.99. The number of allylic oxidation sites excluding steroid dienone is 3. The van der Waals surface area contributed by atoms with Gasteiger partial charge < -0.3 is 11.5 Å². The highest BCUT2D eigenvalue weighted by Gasteiger charge is 2.33. The smallest absolute Gasteiger partial charge is 0.129 e. The van der Waals surface area contributed by atoms with Crippen LogP contribution in [0.25, 0.3) is 0 Å². The molecule has 0 fully saturated rings. The average Bonchev–Trinajstić information content (AvgIpc) is 2.54. The van der Waals surface area contributed by atoms with E-state index < -0.39 is 0 Å². The fourth-order valence-electron chi connectivity index (χ4n) is 2.84. The van der Waals surface area contributed by atoms with Crippen molar-refractivity contribution in [1.82, 2.24) is 0 Å². The van der Waals surface area contributed by atoms with Gasteiger partial charge in [0.05, 0.1) is 23.3 Å². The largest absolute Gasteiger partial charge is 0.402 e. The predicted molar refractivity (Wildman–Crippen MR) is 94.9 cm³/mol. The van der Waals surface area contributed by atoms with Crippen LogP contribution < -0.4 is 11.5 Å². The molecule has 0 saturated carbocycles. The number of hydrogen-bond acceptors (Lipinski definition) is 4. The number of rotatable bonds is 4. The van der Waals surface area contributed by atoms with Crippen LogP contribution in [0.5, 0.6) is 0 Å². The molecule has 4 N–H and O–H groups in total. The highest BCUT2D eigenvalue weighted by atomic mass is 35.5. The Morgan fingerprint density at radius 3 is 2.61 bits per heavy atom. The fourth-order valence-corrected chi connectivity index (χ4v) is 3.09. The van der Waals surface area contributed by atoms with Gasteiger partial charge in [-0.2, -0.15) is 5.26 Å². The molecule has 2 rings (SSSR count). The minimum absolute atomic E-state index is 0.354. The molecule has 0 spiro atoms. The van der Waals surface area contributed by atoms with Crippen molar-refractivity contribution >= 4 is 17.4 Å². The number of halogens is 1. The SMILES string of the molecule is CCCC1=C(C#N)C(c2ccccc2Cl)/C(=C(/N)CC)C(N)=N1. The maximum absolute atomic E-state index is 9.74. The van der Waals surface area contributed by atoms with E-state index in [1.807, 2.05) is 38.1 Å². The molecule has 0 radical (unpaired) electrons. The summed E-state index contributed by atoms with van der Waals surface area (Å²) in [6.45, 7) is 4.00. The van der Waals surface area contributed by atoms with Crippen molar-refractivity contribution in [1.29, 1.82) is 5.26 Å². The van der Waals surface area contributed by atoms with Gasteiger partial charge in [-0.25, -0.2) is 4.99 Å². The Kier molecular flexibility index (Phi) is 5.46. The van der Waals surface area contributed by atoms with E-state index in [0.717, 1.165) is 17.7 Å². The van der Waals surface area contributed by atoms with Crippen LogP contribution in [0.3, 0.4) is 0 Å². The van der Waals surface area contributed by atoms with Gasteiger partial charge in [0.25, 0.3) is 0 Å². The Morgan fingerprint density at radius 2 is 2.04 bits per heavy atom. The van der Waals surface area contributed by atoms with E-state index >= 15 is 0 Å². The third-order valence-electron chi connectivity index (χ3n) is 3.97. The Hall–Kier alpha value is -2.25. The first kappa shape index (κ1) is 17.1. The van der Waals surface area contributed by atoms with E-state index in [1.165, 1.54) is 0 Å². The molecule has 1 unspecified atom stereocenters. The first-order chi connectivity index (χ1) is 11.0. The summed E-state index contributed by atoms with van der Waals surface area (Å²) in [5.74, 6) is 0.0319. The number of aliphatic imine (C=N–C) groups is 1. The molecule has 1 aromatic carbocycles. The topological polar surface area (TPSA) is 88.2 Å². The second kappa shape index (κ2) is 7.34. The van der Waals surface area contributed by atoms with Crippen molar-refractivity contribution in [3.63, 3.8) is 0 Å². The number of nitrogens with zero attached hydrogens (tertiary/aromatic N) is 2. The van der Waals surface area contributed by atoms with Gasteiger partial charge in [-0.05, 0) is 24.5 Å². The van der Waals surface area contributed by atoms with Gasteiger partial charge in [-0.15, -0.1) is 0 Å². The molecule has 1 aliphatic heterocycles. The molecule has 120 valence electrons. The number of nitrogens with two attached hydrogens (primary N) is 2. The summed E-state index contributed by atoms with van der Waals surface area (Å²) in [5.41, 5.74) is 15.9. The molecule has 1 aliphatic rings. The second-order valence-corrected chi connectivity index (χ2v) is 5.87. The van der Waals surface area contributed by atoms with Crippen LogP contribution in [-0.4, -0.2) is 5.84 Å². The lowest BCUT2D eigenvalue weighted by atomic mass is 9.80. The van der Waals surface area contributed by atoms with Crippen molar-refractivity contribution in [3.05, 3.63) is 57.4 Å². The zero-order chi connectivity index (χ0) is 17.0. The molecule has 0 bridgehead atoms. The molecule has 23 heavy (non-hydrogen) atoms. The van der Waals surface area contributed by atoms with Crippen LogP contribution in [-0.2, 0) is 0 Å². The zero-order valence-corrected chi connectivity index (χ0v) is 14.2. The summed E-state index contributed by atoms with van der Waals surface area (Å²) in [4.78, 5) is 4.45. The van der Waals surface area contributed by atoms with E-state index in [4.69, 9.17) is 23.1 Å². The number of amidine groups is 1. The minimum atomic E-state index is -0.354. The molecule has 1 heterocycles. The Labute approximate surface area is 142 Å². The Bertz CT molecular complexity index is 738. The Morgan fingerprint density at radius 1 is 1.35 bits per heavy atom. The molecular formula is C18H21ClN4. The molecular weight excluding hydrogens is 308 g/mol. The lowest BCUT2D eigenvalue weighted by Gasteiger charge is -2.28. The van der Waals surface area contributed by atoms with Crippen LogP contribution in [0, 0.1) is 11.3 Å². The summed E-state index contributed by atoms with van der Waals surface area (Å²) in [5, 5.41) is 10.3. The maximum Gasteiger partial charge on any atom is 0.129 e. The van der Waals surface area contributed by atoms with Gasteiger partial charge in [0, 0.05) is 16.3 Å². The third-order valence-corrected chi connectivity index (χ3v) is 4.31. The van der Waals surface area contributed by atoms with E-state index in [1.54, 1.807) is 0 Å². The van der Waals surface area contributed by atoms with Crippen molar-refractivity contribution in [3.8, 4) is 6.07 Å². The maximum atomic E-state index is 9.74. The number of hydrogen-bond donors (Lipinski definition) is 2. The van der Waals surface area contributed by atoms with E-state index in [-0.39, 0.29) is 5.92 Å². The van der Waals surface area contributed by atoms with Gasteiger partial charge in [-0.3, -0.25) is 0 Å². The van der Waals surface area contributed by atoms with Gasteiger partial charge >= 0.3 is 0 Å². The van der Waals surface area contributed by atoms with Crippen molar-refractivity contribution < 1.29 is 0 Å². The van der Waals surface area contributed by atoms with Crippen LogP contribution >= 0.6 is 11.6 Å². The highest BCUT2D eigenvalue weighted by Crippen LogP contribution is 2.41. The molecule has 0 aromatic heterocycles. The van der Waals surface area contributed by atoms with Gasteiger partial charge in [0.1, 0.15) is 5.84 Å². The molecule has 1 aromatic rings. The zero-order valence-electron chi connectivity index (χ0n) is 13.4. The van der Waals surface area contributed by atoms with Crippen molar-refractivity contribution in [2.75, 3.05) is 0 Å². The van der Waals surface area contributed by atoms with E-state index in [0.29, 0.717) is 40.5 Å². The Balaban J connectivity index is 2.76. The summed E-state index contributed by atoms with van der Waals surface area (Å²) < 4.78 is 0. The summed E-state index contributed by atoms with van der Waals surface area (Å²) in [6.07, 6.45) is 2.22. The quantitative estimate of drug-likeness (QED) is 0.875. The van der Waals surface area contributed by atoms with E-state index in [9.17, 15) is 5.26 Å². The highest BCUT2D eigenvalue weighted by molar-refractivity contribution is 6.31. The normalized spacial score (nSPS) is 20.1. The second-order valence-electron chi connectivity index (χ2n) is 5.47. The van der Waals surface area contributed by atoms with Crippen LogP contribution in [0.1, 0.15) is 44.6 Å². The van der Waals surface area contributed by atoms with Gasteiger partial charge in [-0.1, -0.05) is 50.1 Å². The van der Waals surface area contributed by atoms with Crippen molar-refractivity contribution in [2.45, 2.75) is 39.0 Å². The molecule has 4 nitrogen and oxygen atoms in total. The monoisotopic (exact) mass is 328 g/mol. The standard InChI is InChI=1S/C18H21ClN4/c1-3-7-15-12(10-20)16(11-8-5-6-9-13(11)19)17(14(21)4-2)18(22)23-15/h5-6,8-9,16H,3-4,7,21H2,1-2H3,(H2,22,23)/b17-14-. The third kappa shape index (κ3) is 3.25. The van der Waals surface area contributed by atoms with Gasteiger partial charge in [0.15, 0.2) is 0 Å². The number of benzene rings is 1. The van der Waals surface area contributed by atoms with E-state index in [2.05, 4.69) is 11.1 Å². The van der Waals surface area contributed by atoms with Gasteiger partial charge in [0.2, 0.25) is 0 Å². The molecule has 1 atom stereocenters. The molecule has 5 heteroatoms. The first-order valence-corrected chi connectivity index (χ1v) is 8.13. The molecule has 0 amide bonds. The number of nitriles is 1. The van der Waals surface area contributed by atoms with Crippen molar-refractivity contribution in [2.24, 2.45) is 16.5 Å². The summed E-state index contributed by atoms with van der Waals surface area (Å²) >= 11 is 6.39. The molecule has 0 saturated heterocycles. The van der Waals surface area contributed by atoms with Crippen LogP contribution in [0.15, 0.2) is 51.8 Å². The lowest BCUT2D eigenvalue weighted by Crippen LogP contribution is -2.29. The fraction of sp³-hybridized carbons (Fsp3) is 0.333. The summed E-state index contributed by atoms with van der Waals surface area (Å²) in [7, 11) is 0. The minimum Gasteiger partial charge on any atom is -0.402 e. The van der Waals surface area contributed by atoms with Crippen LogP contribution in [0.4, 0.5) is 0 Å². The molecule has 0 aliphatic carbocycles. The average molecular weight is 329 g/mol. The first-order valence-electron chi connectivity index (χ1n) is 7.75. The van der Waals surface area contributed by atoms with Crippen LogP contribution in [0.2, 0.25) is 5.02 Å². The summed E-state index contributed by atoms with van der Waals surface area (Å²) in [6, 6.07) is 9.80. The lowest BCUT2D eigenvalue weighted by molar-refractivity contribution is 0.826.